The number of ether oxygens (including phenoxy) is 3. The second kappa shape index (κ2) is 15.3. The number of hydrogen-bond donors (Lipinski definition) is 0. The first kappa shape index (κ1) is 26.8. The molecule has 190 valence electrons. The lowest BCUT2D eigenvalue weighted by Crippen LogP contribution is -2.20. The van der Waals surface area contributed by atoms with Gasteiger partial charge in [-0.15, -0.1) is 6.58 Å². The molecule has 35 heavy (non-hydrogen) atoms. The molecule has 0 amide bonds. The minimum absolute atomic E-state index is 0.384. The van der Waals surface area contributed by atoms with E-state index in [1.807, 2.05) is 18.2 Å². The summed E-state index contributed by atoms with van der Waals surface area (Å²) in [4.78, 5) is 12.5. The summed E-state index contributed by atoms with van der Waals surface area (Å²) >= 11 is 0. The lowest BCUT2D eigenvalue weighted by atomic mass is 9.75. The van der Waals surface area contributed by atoms with Crippen LogP contribution in [0, 0.1) is 11.8 Å². The number of carbonyl (C=O) groups is 1. The molecule has 2 atom stereocenters. The summed E-state index contributed by atoms with van der Waals surface area (Å²) in [5, 5.41) is 0. The van der Waals surface area contributed by atoms with Crippen molar-refractivity contribution < 1.29 is 19.0 Å². The monoisotopic (exact) mass is 478 g/mol. The minimum Gasteiger partial charge on any atom is -0.494 e. The third-order valence-electron chi connectivity index (χ3n) is 6.91. The van der Waals surface area contributed by atoms with Crippen LogP contribution in [0.2, 0.25) is 0 Å². The van der Waals surface area contributed by atoms with E-state index in [0.29, 0.717) is 17.9 Å². The van der Waals surface area contributed by atoms with Crippen molar-refractivity contribution >= 4 is 5.97 Å². The quantitative estimate of drug-likeness (QED) is 0.112. The van der Waals surface area contributed by atoms with Gasteiger partial charge >= 0.3 is 5.97 Å². The molecule has 0 aliphatic heterocycles. The molecule has 0 bridgehead atoms. The van der Waals surface area contributed by atoms with Crippen LogP contribution in [0.15, 0.2) is 61.2 Å². The zero-order chi connectivity index (χ0) is 24.7. The number of unbranched alkanes of at least 4 members (excludes halogenated alkanes) is 2. The van der Waals surface area contributed by atoms with Gasteiger partial charge in [-0.05, 0) is 92.5 Å². The molecule has 2 aromatic carbocycles. The molecular weight excluding hydrogens is 436 g/mol. The molecule has 0 heterocycles. The van der Waals surface area contributed by atoms with Crippen LogP contribution in [0.5, 0.6) is 17.2 Å². The second-order valence-corrected chi connectivity index (χ2v) is 9.60. The fourth-order valence-corrected chi connectivity index (χ4v) is 4.99. The third-order valence-corrected chi connectivity index (χ3v) is 6.91. The van der Waals surface area contributed by atoms with Gasteiger partial charge in [0.25, 0.3) is 0 Å². The maximum atomic E-state index is 12.5. The molecule has 0 spiro atoms. The molecule has 2 unspecified atom stereocenters. The van der Waals surface area contributed by atoms with Crippen molar-refractivity contribution in [2.75, 3.05) is 13.2 Å². The Balaban J connectivity index is 1.37. The van der Waals surface area contributed by atoms with E-state index >= 15 is 0 Å². The van der Waals surface area contributed by atoms with Crippen LogP contribution in [-0.2, 0) is 0 Å². The lowest BCUT2D eigenvalue weighted by molar-refractivity contribution is 0.0734. The van der Waals surface area contributed by atoms with E-state index in [2.05, 4.69) is 13.5 Å². The average molecular weight is 479 g/mol. The van der Waals surface area contributed by atoms with E-state index in [-0.39, 0.29) is 5.97 Å². The average Bonchev–Trinajstić information content (AvgIpc) is 2.89. The molecule has 1 fully saturated rings. The first-order valence-electron chi connectivity index (χ1n) is 13.5. The first-order valence-corrected chi connectivity index (χ1v) is 13.5. The number of hydrogen-bond acceptors (Lipinski definition) is 4. The van der Waals surface area contributed by atoms with Gasteiger partial charge in [0, 0.05) is 0 Å². The maximum Gasteiger partial charge on any atom is 0.343 e. The van der Waals surface area contributed by atoms with Gasteiger partial charge in [-0.1, -0.05) is 51.5 Å². The fraction of sp³-hybridized carbons (Fsp3) is 0.516. The van der Waals surface area contributed by atoms with Crippen LogP contribution in [0.25, 0.3) is 0 Å². The van der Waals surface area contributed by atoms with Crippen molar-refractivity contribution in [3.63, 3.8) is 0 Å². The van der Waals surface area contributed by atoms with Crippen LogP contribution in [-0.4, -0.2) is 19.2 Å². The van der Waals surface area contributed by atoms with E-state index in [1.165, 1.54) is 44.9 Å². The SMILES string of the molecule is C=CCCCCOc1ccc(C(=O)Oc2ccc(OCCCC3CCCCC3CCC)cc2)cc1. The molecule has 2 aromatic rings. The Morgan fingerprint density at radius 3 is 2.03 bits per heavy atom. The van der Waals surface area contributed by atoms with Crippen molar-refractivity contribution in [2.24, 2.45) is 11.8 Å². The molecule has 0 N–H and O–H groups in total. The Morgan fingerprint density at radius 2 is 1.40 bits per heavy atom. The van der Waals surface area contributed by atoms with Crippen LogP contribution in [0.4, 0.5) is 0 Å². The second-order valence-electron chi connectivity index (χ2n) is 9.60. The molecule has 0 saturated heterocycles. The van der Waals surface area contributed by atoms with Crippen molar-refractivity contribution in [3.8, 4) is 17.2 Å². The summed E-state index contributed by atoms with van der Waals surface area (Å²) in [6.45, 7) is 7.42. The molecule has 0 aromatic heterocycles. The van der Waals surface area contributed by atoms with Crippen molar-refractivity contribution in [1.29, 1.82) is 0 Å². The Hall–Kier alpha value is -2.75. The number of allylic oxidation sites excluding steroid dienone is 1. The van der Waals surface area contributed by atoms with Gasteiger partial charge in [-0.25, -0.2) is 4.79 Å². The summed E-state index contributed by atoms with van der Waals surface area (Å²) in [5.41, 5.74) is 0.494. The summed E-state index contributed by atoms with van der Waals surface area (Å²) < 4.78 is 17.2. The Morgan fingerprint density at radius 1 is 0.829 bits per heavy atom. The van der Waals surface area contributed by atoms with Crippen LogP contribution < -0.4 is 14.2 Å². The van der Waals surface area contributed by atoms with E-state index in [0.717, 1.165) is 55.6 Å². The van der Waals surface area contributed by atoms with E-state index in [4.69, 9.17) is 14.2 Å². The normalized spacial score (nSPS) is 17.5. The molecule has 3 rings (SSSR count). The number of carbonyl (C=O) groups excluding carboxylic acids is 1. The molecule has 0 radical (unpaired) electrons. The van der Waals surface area contributed by atoms with Crippen LogP contribution in [0.3, 0.4) is 0 Å². The lowest BCUT2D eigenvalue weighted by Gasteiger charge is -2.31. The molecular formula is C31H42O4. The molecule has 1 saturated carbocycles. The predicted molar refractivity (Wildman–Crippen MR) is 142 cm³/mol. The molecule has 4 nitrogen and oxygen atoms in total. The molecule has 1 aliphatic carbocycles. The highest BCUT2D eigenvalue weighted by atomic mass is 16.5. The van der Waals surface area contributed by atoms with Crippen molar-refractivity contribution in [3.05, 3.63) is 66.7 Å². The molecule has 4 heteroatoms. The Labute approximate surface area is 211 Å². The summed E-state index contributed by atoms with van der Waals surface area (Å²) in [7, 11) is 0. The fourth-order valence-electron chi connectivity index (χ4n) is 4.99. The van der Waals surface area contributed by atoms with Crippen LogP contribution in [0.1, 0.15) is 87.9 Å². The summed E-state index contributed by atoms with van der Waals surface area (Å²) in [5.74, 6) is 3.48. The number of esters is 1. The highest BCUT2D eigenvalue weighted by molar-refractivity contribution is 5.91. The molecule has 1 aliphatic rings. The smallest absolute Gasteiger partial charge is 0.343 e. The Kier molecular flexibility index (Phi) is 11.7. The predicted octanol–water partition coefficient (Wildman–Crippen LogP) is 8.41. The van der Waals surface area contributed by atoms with Crippen LogP contribution >= 0.6 is 0 Å². The van der Waals surface area contributed by atoms with Gasteiger partial charge in [-0.3, -0.25) is 0 Å². The van der Waals surface area contributed by atoms with Gasteiger partial charge in [-0.2, -0.15) is 0 Å². The topological polar surface area (TPSA) is 44.8 Å². The largest absolute Gasteiger partial charge is 0.494 e. The van der Waals surface area contributed by atoms with Gasteiger partial charge in [0.05, 0.1) is 18.8 Å². The van der Waals surface area contributed by atoms with Gasteiger partial charge in [0.2, 0.25) is 0 Å². The van der Waals surface area contributed by atoms with Gasteiger partial charge in [0.1, 0.15) is 17.2 Å². The van der Waals surface area contributed by atoms with Crippen molar-refractivity contribution in [1.82, 2.24) is 0 Å². The minimum atomic E-state index is -0.384. The zero-order valence-electron chi connectivity index (χ0n) is 21.4. The number of benzene rings is 2. The highest BCUT2D eigenvalue weighted by Gasteiger charge is 2.23. The van der Waals surface area contributed by atoms with Gasteiger partial charge in [0.15, 0.2) is 0 Å². The zero-order valence-corrected chi connectivity index (χ0v) is 21.4. The summed E-state index contributed by atoms with van der Waals surface area (Å²) in [6, 6.07) is 14.4. The maximum absolute atomic E-state index is 12.5. The third kappa shape index (κ3) is 9.43. The van der Waals surface area contributed by atoms with E-state index in [1.54, 1.807) is 36.4 Å². The standard InChI is InChI=1S/C31H42O4/c1-3-5-6-9-23-33-28-17-15-27(16-18-28)31(32)35-30-21-19-29(20-22-30)34-24-10-14-26-13-8-7-12-25(26)11-4-2/h3,15-22,25-26H,1,4-14,23-24H2,2H3. The van der Waals surface area contributed by atoms with E-state index < -0.39 is 0 Å². The van der Waals surface area contributed by atoms with Crippen molar-refractivity contribution in [2.45, 2.75) is 77.6 Å². The summed E-state index contributed by atoms with van der Waals surface area (Å²) in [6.07, 6.45) is 15.6. The van der Waals surface area contributed by atoms with Gasteiger partial charge < -0.3 is 14.2 Å². The first-order chi connectivity index (χ1) is 17.2. The number of rotatable bonds is 15. The highest BCUT2D eigenvalue weighted by Crippen LogP contribution is 2.36. The van der Waals surface area contributed by atoms with E-state index in [9.17, 15) is 4.79 Å². The Bertz CT molecular complexity index is 870.